The number of benzene rings is 1. The number of hydrogen-bond acceptors (Lipinski definition) is 2. The Morgan fingerprint density at radius 3 is 2.40 bits per heavy atom. The fourth-order valence-corrected chi connectivity index (χ4v) is 1.76. The van der Waals surface area contributed by atoms with Gasteiger partial charge in [0.25, 0.3) is 0 Å². The van der Waals surface area contributed by atoms with E-state index in [0.717, 1.165) is 5.56 Å². The lowest BCUT2D eigenvalue weighted by atomic mass is 9.77. The average molecular weight is 207 g/mol. The summed E-state index contributed by atoms with van der Waals surface area (Å²) in [6, 6.07) is 9.31. The third-order valence-electron chi connectivity index (χ3n) is 2.66. The Morgan fingerprint density at radius 2 is 2.00 bits per heavy atom. The molecule has 82 valence electrons. The van der Waals surface area contributed by atoms with Gasteiger partial charge in [0, 0.05) is 0 Å². The Kier molecular flexibility index (Phi) is 3.48. The van der Waals surface area contributed by atoms with Crippen LogP contribution in [0.4, 0.5) is 0 Å². The minimum absolute atomic E-state index is 0.340. The number of aliphatic hydroxyl groups is 1. The summed E-state index contributed by atoms with van der Waals surface area (Å²) in [5, 5.41) is 9.39. The van der Waals surface area contributed by atoms with Crippen molar-refractivity contribution < 1.29 is 9.90 Å². The van der Waals surface area contributed by atoms with Crippen LogP contribution in [0.15, 0.2) is 30.3 Å². The first-order valence-corrected chi connectivity index (χ1v) is 5.00. The van der Waals surface area contributed by atoms with Gasteiger partial charge in [-0.3, -0.25) is 4.79 Å². The number of nitrogens with two attached hydrogens (primary N) is 1. The van der Waals surface area contributed by atoms with Crippen molar-refractivity contribution in [2.24, 2.45) is 5.73 Å². The molecule has 0 bridgehead atoms. The van der Waals surface area contributed by atoms with Crippen LogP contribution in [-0.2, 0) is 10.2 Å². The molecular formula is C12H17NO2. The Hall–Kier alpha value is -1.35. The Bertz CT molecular complexity index is 335. The normalized spacial score (nSPS) is 16.7. The third-order valence-corrected chi connectivity index (χ3v) is 2.66. The highest BCUT2D eigenvalue weighted by Gasteiger charge is 2.34. The maximum absolute atomic E-state index is 11.5. The summed E-state index contributed by atoms with van der Waals surface area (Å²) in [4.78, 5) is 11.5. The molecule has 0 radical (unpaired) electrons. The standard InChI is InChI=1S/C12H17NO2/c1-9(14)8-12(2,11(13)15)10-6-4-3-5-7-10/h3-7,9,14H,8H2,1-2H3,(H2,13,15)/t9-,12?/m1/s1. The molecule has 1 amide bonds. The first-order chi connectivity index (χ1) is 6.97. The van der Waals surface area contributed by atoms with Gasteiger partial charge < -0.3 is 10.8 Å². The molecule has 1 aromatic rings. The Balaban J connectivity index is 3.07. The number of carbonyl (C=O) groups is 1. The molecule has 0 spiro atoms. The van der Waals surface area contributed by atoms with Gasteiger partial charge in [0.1, 0.15) is 0 Å². The van der Waals surface area contributed by atoms with Crippen molar-refractivity contribution in [2.75, 3.05) is 0 Å². The van der Waals surface area contributed by atoms with E-state index in [1.807, 2.05) is 30.3 Å². The van der Waals surface area contributed by atoms with Crippen LogP contribution in [-0.4, -0.2) is 17.1 Å². The minimum atomic E-state index is -0.796. The van der Waals surface area contributed by atoms with Crippen molar-refractivity contribution >= 4 is 5.91 Å². The first kappa shape index (κ1) is 11.7. The molecule has 2 atom stereocenters. The number of amides is 1. The van der Waals surface area contributed by atoms with Gasteiger partial charge in [0.15, 0.2) is 0 Å². The van der Waals surface area contributed by atoms with Crippen LogP contribution < -0.4 is 5.73 Å². The van der Waals surface area contributed by atoms with Gasteiger partial charge in [0.05, 0.1) is 11.5 Å². The zero-order valence-electron chi connectivity index (χ0n) is 9.10. The van der Waals surface area contributed by atoms with Gasteiger partial charge in [0.2, 0.25) is 5.91 Å². The number of rotatable bonds is 4. The van der Waals surface area contributed by atoms with E-state index < -0.39 is 17.4 Å². The van der Waals surface area contributed by atoms with E-state index in [1.165, 1.54) is 0 Å². The van der Waals surface area contributed by atoms with Crippen LogP contribution in [0.5, 0.6) is 0 Å². The summed E-state index contributed by atoms with van der Waals surface area (Å²) in [6.45, 7) is 3.42. The van der Waals surface area contributed by atoms with Gasteiger partial charge in [-0.15, -0.1) is 0 Å². The molecule has 0 saturated carbocycles. The Labute approximate surface area is 89.9 Å². The van der Waals surface area contributed by atoms with Crippen LogP contribution in [0.1, 0.15) is 25.8 Å². The van der Waals surface area contributed by atoms with E-state index in [4.69, 9.17) is 5.73 Å². The predicted molar refractivity (Wildman–Crippen MR) is 59.3 cm³/mol. The molecule has 15 heavy (non-hydrogen) atoms. The lowest BCUT2D eigenvalue weighted by Crippen LogP contribution is -2.40. The maximum Gasteiger partial charge on any atom is 0.227 e. The lowest BCUT2D eigenvalue weighted by molar-refractivity contribution is -0.124. The second-order valence-corrected chi connectivity index (χ2v) is 4.12. The fourth-order valence-electron chi connectivity index (χ4n) is 1.76. The second-order valence-electron chi connectivity index (χ2n) is 4.12. The van der Waals surface area contributed by atoms with E-state index in [9.17, 15) is 9.90 Å². The molecule has 1 aromatic carbocycles. The summed E-state index contributed by atoms with van der Waals surface area (Å²) in [7, 11) is 0. The fraction of sp³-hybridized carbons (Fsp3) is 0.417. The van der Waals surface area contributed by atoms with Crippen molar-refractivity contribution in [2.45, 2.75) is 31.8 Å². The van der Waals surface area contributed by atoms with Gasteiger partial charge >= 0.3 is 0 Å². The molecular weight excluding hydrogens is 190 g/mol. The molecule has 0 aliphatic heterocycles. The largest absolute Gasteiger partial charge is 0.393 e. The van der Waals surface area contributed by atoms with E-state index in [-0.39, 0.29) is 0 Å². The molecule has 0 aromatic heterocycles. The molecule has 1 unspecified atom stereocenters. The van der Waals surface area contributed by atoms with Gasteiger partial charge in [-0.25, -0.2) is 0 Å². The molecule has 0 aliphatic rings. The zero-order chi connectivity index (χ0) is 11.5. The third kappa shape index (κ3) is 2.57. The van der Waals surface area contributed by atoms with Gasteiger partial charge in [-0.05, 0) is 25.8 Å². The molecule has 0 heterocycles. The number of primary amides is 1. The summed E-state index contributed by atoms with van der Waals surface area (Å²) < 4.78 is 0. The highest BCUT2D eigenvalue weighted by molar-refractivity contribution is 5.86. The van der Waals surface area contributed by atoms with E-state index in [0.29, 0.717) is 6.42 Å². The average Bonchev–Trinajstić information content (AvgIpc) is 2.17. The van der Waals surface area contributed by atoms with Crippen molar-refractivity contribution in [3.8, 4) is 0 Å². The maximum atomic E-state index is 11.5. The van der Waals surface area contributed by atoms with E-state index in [1.54, 1.807) is 13.8 Å². The second kappa shape index (κ2) is 4.45. The molecule has 3 nitrogen and oxygen atoms in total. The SMILES string of the molecule is C[C@@H](O)CC(C)(C(N)=O)c1ccccc1. The molecule has 3 N–H and O–H groups in total. The summed E-state index contributed by atoms with van der Waals surface area (Å²) in [5.74, 6) is -0.408. The molecule has 0 saturated heterocycles. The van der Waals surface area contributed by atoms with Crippen LogP contribution >= 0.6 is 0 Å². The van der Waals surface area contributed by atoms with Crippen LogP contribution in [0, 0.1) is 0 Å². The first-order valence-electron chi connectivity index (χ1n) is 5.00. The molecule has 3 heteroatoms. The van der Waals surface area contributed by atoms with Crippen molar-refractivity contribution in [1.29, 1.82) is 0 Å². The van der Waals surface area contributed by atoms with Crippen LogP contribution in [0.2, 0.25) is 0 Å². The number of hydrogen-bond donors (Lipinski definition) is 2. The Morgan fingerprint density at radius 1 is 1.47 bits per heavy atom. The molecule has 1 rings (SSSR count). The summed E-state index contributed by atoms with van der Waals surface area (Å²) in [5.41, 5.74) is 5.45. The lowest BCUT2D eigenvalue weighted by Gasteiger charge is -2.27. The van der Waals surface area contributed by atoms with Crippen molar-refractivity contribution in [3.63, 3.8) is 0 Å². The van der Waals surface area contributed by atoms with E-state index >= 15 is 0 Å². The number of carbonyl (C=O) groups excluding carboxylic acids is 1. The molecule has 0 fully saturated rings. The highest BCUT2D eigenvalue weighted by Crippen LogP contribution is 2.28. The van der Waals surface area contributed by atoms with Crippen molar-refractivity contribution in [3.05, 3.63) is 35.9 Å². The van der Waals surface area contributed by atoms with Crippen molar-refractivity contribution in [1.82, 2.24) is 0 Å². The predicted octanol–water partition coefficient (Wildman–Crippen LogP) is 1.20. The van der Waals surface area contributed by atoms with Gasteiger partial charge in [-0.1, -0.05) is 30.3 Å². The van der Waals surface area contributed by atoms with Crippen LogP contribution in [0.3, 0.4) is 0 Å². The number of aliphatic hydroxyl groups excluding tert-OH is 1. The van der Waals surface area contributed by atoms with Crippen LogP contribution in [0.25, 0.3) is 0 Å². The summed E-state index contributed by atoms with van der Waals surface area (Å²) >= 11 is 0. The minimum Gasteiger partial charge on any atom is -0.393 e. The highest BCUT2D eigenvalue weighted by atomic mass is 16.3. The topological polar surface area (TPSA) is 63.3 Å². The van der Waals surface area contributed by atoms with Gasteiger partial charge in [-0.2, -0.15) is 0 Å². The monoisotopic (exact) mass is 207 g/mol. The quantitative estimate of drug-likeness (QED) is 0.779. The summed E-state index contributed by atoms with van der Waals surface area (Å²) in [6.07, 6.45) is -0.213. The zero-order valence-corrected chi connectivity index (χ0v) is 9.10. The van der Waals surface area contributed by atoms with E-state index in [2.05, 4.69) is 0 Å². The molecule has 0 aliphatic carbocycles. The smallest absolute Gasteiger partial charge is 0.227 e.